The number of hydrogen-bond donors (Lipinski definition) is 0. The monoisotopic (exact) mass is 1110 g/mol. The van der Waals surface area contributed by atoms with Crippen LogP contribution in [0.4, 0.5) is 0 Å². The van der Waals surface area contributed by atoms with Crippen LogP contribution in [0.2, 0.25) is 0 Å². The molecule has 0 amide bonds. The van der Waals surface area contributed by atoms with E-state index in [1.807, 2.05) is 0 Å². The van der Waals surface area contributed by atoms with Crippen LogP contribution in [-0.2, 0) is 28.6 Å². The Balaban J connectivity index is 4.43. The van der Waals surface area contributed by atoms with Crippen molar-refractivity contribution in [2.45, 2.75) is 329 Å². The highest BCUT2D eigenvalue weighted by molar-refractivity contribution is 5.71. The number of carbonyl (C=O) groups excluding carboxylic acids is 3. The van der Waals surface area contributed by atoms with E-state index in [1.165, 1.54) is 148 Å². The standard InChI is InChI=1S/C74H126O6/c1-4-7-10-13-16-19-22-25-28-31-33-35-36-37-38-40-41-43-46-49-52-55-58-61-64-67-73(76)79-70-71(69-78-72(75)66-63-60-57-54-51-48-45-30-27-24-21-18-15-12-9-6-3)80-74(77)68-65-62-59-56-53-50-47-44-42-39-34-32-29-26-23-20-17-14-11-8-5-2/h7,10,16,19,23,25-26,28,32-35,37-38,41-44,71H,4-6,8-9,11-15,17-18,20-22,24,27,29-31,36,39-40,45-70H2,1-3H3/b10-7-,19-16-,26-23-,28-25-,34-32-,35-33-,38-37-,43-41-,44-42-. The Bertz CT molecular complexity index is 1610. The van der Waals surface area contributed by atoms with Gasteiger partial charge in [-0.05, 0) is 109 Å². The Morgan fingerprint density at radius 3 is 0.762 bits per heavy atom. The highest BCUT2D eigenvalue weighted by Gasteiger charge is 2.19. The molecule has 0 saturated carbocycles. The van der Waals surface area contributed by atoms with E-state index in [0.717, 1.165) is 135 Å². The molecule has 0 aliphatic carbocycles. The third-order valence-corrected chi connectivity index (χ3v) is 14.5. The molecule has 0 aliphatic heterocycles. The van der Waals surface area contributed by atoms with Gasteiger partial charge in [0.2, 0.25) is 0 Å². The molecule has 0 aromatic rings. The number of hydrogen-bond acceptors (Lipinski definition) is 6. The molecular formula is C74H126O6. The first kappa shape index (κ1) is 76.1. The van der Waals surface area contributed by atoms with Crippen molar-refractivity contribution in [2.24, 2.45) is 0 Å². The number of rotatable bonds is 61. The maximum absolute atomic E-state index is 12.9. The molecule has 0 radical (unpaired) electrons. The summed E-state index contributed by atoms with van der Waals surface area (Å²) in [5, 5.41) is 0. The zero-order chi connectivity index (χ0) is 57.8. The molecule has 0 aromatic heterocycles. The van der Waals surface area contributed by atoms with E-state index in [1.54, 1.807) is 0 Å². The number of esters is 3. The van der Waals surface area contributed by atoms with Gasteiger partial charge in [0, 0.05) is 19.3 Å². The van der Waals surface area contributed by atoms with Crippen LogP contribution >= 0.6 is 0 Å². The van der Waals surface area contributed by atoms with Gasteiger partial charge >= 0.3 is 17.9 Å². The van der Waals surface area contributed by atoms with Crippen molar-refractivity contribution >= 4 is 17.9 Å². The Hall–Kier alpha value is -3.93. The van der Waals surface area contributed by atoms with Crippen LogP contribution in [0.5, 0.6) is 0 Å². The topological polar surface area (TPSA) is 78.9 Å². The number of carbonyl (C=O) groups is 3. The van der Waals surface area contributed by atoms with Gasteiger partial charge in [0.1, 0.15) is 13.2 Å². The molecule has 0 fully saturated rings. The molecule has 0 N–H and O–H groups in total. The average molecular weight is 1110 g/mol. The van der Waals surface area contributed by atoms with Gasteiger partial charge in [-0.2, -0.15) is 0 Å². The van der Waals surface area contributed by atoms with Crippen LogP contribution in [0.15, 0.2) is 109 Å². The molecule has 80 heavy (non-hydrogen) atoms. The maximum Gasteiger partial charge on any atom is 0.306 e. The second-order valence-electron chi connectivity index (χ2n) is 22.4. The molecular weight excluding hydrogens is 985 g/mol. The molecule has 0 aromatic carbocycles. The van der Waals surface area contributed by atoms with Crippen molar-refractivity contribution in [1.29, 1.82) is 0 Å². The maximum atomic E-state index is 12.9. The second-order valence-corrected chi connectivity index (χ2v) is 22.4. The molecule has 0 heterocycles. The Kier molecular flexibility index (Phi) is 64.3. The lowest BCUT2D eigenvalue weighted by atomic mass is 10.0. The Labute approximate surface area is 495 Å². The third-order valence-electron chi connectivity index (χ3n) is 14.5. The molecule has 0 aliphatic rings. The molecule has 6 heteroatoms. The van der Waals surface area contributed by atoms with Gasteiger partial charge in [0.25, 0.3) is 0 Å². The first-order chi connectivity index (χ1) is 39.5. The second kappa shape index (κ2) is 67.6. The summed E-state index contributed by atoms with van der Waals surface area (Å²) in [7, 11) is 0. The van der Waals surface area contributed by atoms with Crippen molar-refractivity contribution < 1.29 is 28.6 Å². The van der Waals surface area contributed by atoms with Gasteiger partial charge in [-0.1, -0.05) is 304 Å². The molecule has 6 nitrogen and oxygen atoms in total. The van der Waals surface area contributed by atoms with Crippen LogP contribution in [0.1, 0.15) is 323 Å². The summed E-state index contributed by atoms with van der Waals surface area (Å²) in [5.41, 5.74) is 0. The highest BCUT2D eigenvalue weighted by Crippen LogP contribution is 2.16. The SMILES string of the molecule is CC/C=C\C/C=C\C/C=C\C/C=C\C/C=C\C/C=C\CCCCCCCCC(=O)OCC(COC(=O)CCCCCCCCCCCCCCCCCC)OC(=O)CCCCCCCC/C=C\C/C=C\C/C=C\CCCCCCC. The molecule has 0 bridgehead atoms. The molecule has 1 atom stereocenters. The summed E-state index contributed by atoms with van der Waals surface area (Å²) in [4.78, 5) is 38.4. The Morgan fingerprint density at radius 1 is 0.263 bits per heavy atom. The first-order valence-corrected chi connectivity index (χ1v) is 33.9. The summed E-state index contributed by atoms with van der Waals surface area (Å²) in [6, 6.07) is 0. The van der Waals surface area contributed by atoms with Gasteiger partial charge in [-0.15, -0.1) is 0 Å². The molecule has 0 saturated heterocycles. The van der Waals surface area contributed by atoms with Crippen molar-refractivity contribution in [1.82, 2.24) is 0 Å². The lowest BCUT2D eigenvalue weighted by Crippen LogP contribution is -2.30. The van der Waals surface area contributed by atoms with Crippen LogP contribution in [0, 0.1) is 0 Å². The van der Waals surface area contributed by atoms with Gasteiger partial charge in [-0.25, -0.2) is 0 Å². The lowest BCUT2D eigenvalue weighted by Gasteiger charge is -2.18. The van der Waals surface area contributed by atoms with E-state index in [9.17, 15) is 14.4 Å². The van der Waals surface area contributed by atoms with E-state index in [2.05, 4.69) is 130 Å². The van der Waals surface area contributed by atoms with E-state index in [-0.39, 0.29) is 31.1 Å². The van der Waals surface area contributed by atoms with Crippen molar-refractivity contribution in [3.8, 4) is 0 Å². The van der Waals surface area contributed by atoms with E-state index in [4.69, 9.17) is 14.2 Å². The van der Waals surface area contributed by atoms with E-state index >= 15 is 0 Å². The normalized spacial score (nSPS) is 12.8. The minimum atomic E-state index is -0.794. The highest BCUT2D eigenvalue weighted by atomic mass is 16.6. The summed E-state index contributed by atoms with van der Waals surface area (Å²) < 4.78 is 17.0. The van der Waals surface area contributed by atoms with E-state index in [0.29, 0.717) is 19.3 Å². The smallest absolute Gasteiger partial charge is 0.306 e. The van der Waals surface area contributed by atoms with Crippen LogP contribution < -0.4 is 0 Å². The molecule has 0 rings (SSSR count). The van der Waals surface area contributed by atoms with Crippen molar-refractivity contribution in [3.05, 3.63) is 109 Å². The number of unbranched alkanes of at least 4 members (excludes halogenated alkanes) is 32. The van der Waals surface area contributed by atoms with E-state index < -0.39 is 6.10 Å². The largest absolute Gasteiger partial charge is 0.462 e. The Morgan fingerprint density at radius 2 is 0.487 bits per heavy atom. The summed E-state index contributed by atoms with van der Waals surface area (Å²) in [6.07, 6.45) is 92.3. The number of ether oxygens (including phenoxy) is 3. The quantitative estimate of drug-likeness (QED) is 0.0261. The third kappa shape index (κ3) is 64.9. The van der Waals surface area contributed by atoms with Gasteiger partial charge in [0.05, 0.1) is 0 Å². The average Bonchev–Trinajstić information content (AvgIpc) is 3.46. The fourth-order valence-electron chi connectivity index (χ4n) is 9.45. The van der Waals surface area contributed by atoms with Crippen LogP contribution in [0.25, 0.3) is 0 Å². The van der Waals surface area contributed by atoms with Gasteiger partial charge < -0.3 is 14.2 Å². The first-order valence-electron chi connectivity index (χ1n) is 33.9. The zero-order valence-corrected chi connectivity index (χ0v) is 52.6. The van der Waals surface area contributed by atoms with Crippen LogP contribution in [-0.4, -0.2) is 37.2 Å². The number of allylic oxidation sites excluding steroid dienone is 18. The van der Waals surface area contributed by atoms with Gasteiger partial charge in [0.15, 0.2) is 6.10 Å². The molecule has 458 valence electrons. The fourth-order valence-corrected chi connectivity index (χ4v) is 9.45. The van der Waals surface area contributed by atoms with Crippen molar-refractivity contribution in [3.63, 3.8) is 0 Å². The van der Waals surface area contributed by atoms with Gasteiger partial charge in [-0.3, -0.25) is 14.4 Å². The van der Waals surface area contributed by atoms with Crippen molar-refractivity contribution in [2.75, 3.05) is 13.2 Å². The summed E-state index contributed by atoms with van der Waals surface area (Å²) >= 11 is 0. The zero-order valence-electron chi connectivity index (χ0n) is 52.6. The fraction of sp³-hybridized carbons (Fsp3) is 0.716. The lowest BCUT2D eigenvalue weighted by molar-refractivity contribution is -0.167. The minimum Gasteiger partial charge on any atom is -0.462 e. The molecule has 1 unspecified atom stereocenters. The minimum absolute atomic E-state index is 0.0866. The predicted octanol–water partition coefficient (Wildman–Crippen LogP) is 23.4. The summed E-state index contributed by atoms with van der Waals surface area (Å²) in [6.45, 7) is 6.53. The molecule has 0 spiro atoms. The predicted molar refractivity (Wildman–Crippen MR) is 348 cm³/mol. The summed E-state index contributed by atoms with van der Waals surface area (Å²) in [5.74, 6) is -0.902. The van der Waals surface area contributed by atoms with Crippen LogP contribution in [0.3, 0.4) is 0 Å².